The SMILES string of the molecule is CCCCC(c1cc(CN)cc2c1CC(c1cccc(C(=N)N)c1)C(=O)N2)N1C(C)CCCC1C. The number of benzene rings is 2. The van der Waals surface area contributed by atoms with E-state index in [9.17, 15) is 4.79 Å². The fraction of sp³-hybridized carbons (Fsp3) is 0.517. The lowest BCUT2D eigenvalue weighted by molar-refractivity contribution is -0.117. The normalized spacial score (nSPS) is 23.4. The van der Waals surface area contributed by atoms with Crippen molar-refractivity contribution in [2.24, 2.45) is 11.5 Å². The fourth-order valence-electron chi connectivity index (χ4n) is 6.14. The van der Waals surface area contributed by atoms with E-state index in [1.54, 1.807) is 0 Å². The van der Waals surface area contributed by atoms with E-state index in [-0.39, 0.29) is 17.7 Å². The van der Waals surface area contributed by atoms with Gasteiger partial charge in [0, 0.05) is 35.9 Å². The maximum absolute atomic E-state index is 13.3. The van der Waals surface area contributed by atoms with Gasteiger partial charge >= 0.3 is 0 Å². The van der Waals surface area contributed by atoms with Crippen LogP contribution in [0, 0.1) is 5.41 Å². The molecule has 2 aromatic carbocycles. The Hall–Kier alpha value is -2.70. The molecule has 4 atom stereocenters. The molecule has 0 radical (unpaired) electrons. The summed E-state index contributed by atoms with van der Waals surface area (Å²) >= 11 is 0. The van der Waals surface area contributed by atoms with Gasteiger partial charge in [0.05, 0.1) is 5.92 Å². The monoisotopic (exact) mass is 475 g/mol. The van der Waals surface area contributed by atoms with Crippen LogP contribution in [0.2, 0.25) is 0 Å². The Bertz CT molecular complexity index is 1070. The minimum absolute atomic E-state index is 0.0110. The first kappa shape index (κ1) is 25.4. The van der Waals surface area contributed by atoms with Gasteiger partial charge in [0.1, 0.15) is 5.84 Å². The Balaban J connectivity index is 1.80. The van der Waals surface area contributed by atoms with E-state index in [0.717, 1.165) is 29.7 Å². The number of unbranched alkanes of at least 4 members (excludes halogenated alkanes) is 1. The van der Waals surface area contributed by atoms with Gasteiger partial charge in [0.2, 0.25) is 5.91 Å². The van der Waals surface area contributed by atoms with Gasteiger partial charge in [0.15, 0.2) is 0 Å². The predicted molar refractivity (Wildman–Crippen MR) is 144 cm³/mol. The van der Waals surface area contributed by atoms with Gasteiger partial charge < -0.3 is 16.8 Å². The van der Waals surface area contributed by atoms with Gasteiger partial charge in [0.25, 0.3) is 0 Å². The van der Waals surface area contributed by atoms with Crippen molar-refractivity contribution in [2.45, 2.75) is 96.3 Å². The number of likely N-dealkylation sites (tertiary alicyclic amines) is 1. The third kappa shape index (κ3) is 5.29. The van der Waals surface area contributed by atoms with Crippen molar-refractivity contribution in [1.29, 1.82) is 5.41 Å². The molecule has 188 valence electrons. The first-order valence-electron chi connectivity index (χ1n) is 13.2. The van der Waals surface area contributed by atoms with Crippen molar-refractivity contribution in [1.82, 2.24) is 4.90 Å². The van der Waals surface area contributed by atoms with Crippen molar-refractivity contribution in [2.75, 3.05) is 5.32 Å². The summed E-state index contributed by atoms with van der Waals surface area (Å²) in [5.74, 6) is -0.306. The number of piperidine rings is 1. The average Bonchev–Trinajstić information content (AvgIpc) is 2.84. The molecule has 4 rings (SSSR count). The van der Waals surface area contributed by atoms with Gasteiger partial charge in [-0.05, 0) is 73.9 Å². The number of nitrogens with one attached hydrogen (secondary N) is 2. The molecule has 0 aromatic heterocycles. The molecule has 1 amide bonds. The van der Waals surface area contributed by atoms with Crippen LogP contribution in [0.5, 0.6) is 0 Å². The summed E-state index contributed by atoms with van der Waals surface area (Å²) < 4.78 is 0. The number of fused-ring (bicyclic) bond motifs is 1. The van der Waals surface area contributed by atoms with E-state index in [1.165, 1.54) is 36.8 Å². The summed E-state index contributed by atoms with van der Waals surface area (Å²) in [4.78, 5) is 16.0. The Morgan fingerprint density at radius 1 is 1.20 bits per heavy atom. The minimum Gasteiger partial charge on any atom is -0.384 e. The molecule has 6 heteroatoms. The summed E-state index contributed by atoms with van der Waals surface area (Å²) in [6.07, 6.45) is 7.80. The van der Waals surface area contributed by atoms with Crippen LogP contribution >= 0.6 is 0 Å². The highest BCUT2D eigenvalue weighted by molar-refractivity contribution is 6.00. The molecular formula is C29H41N5O. The lowest BCUT2D eigenvalue weighted by Crippen LogP contribution is -2.46. The molecule has 35 heavy (non-hydrogen) atoms. The number of amides is 1. The Kier molecular flexibility index (Phi) is 7.92. The zero-order valence-electron chi connectivity index (χ0n) is 21.4. The quantitative estimate of drug-likeness (QED) is 0.311. The molecule has 0 saturated carbocycles. The summed E-state index contributed by atoms with van der Waals surface area (Å²) in [6, 6.07) is 13.3. The lowest BCUT2D eigenvalue weighted by Gasteiger charge is -2.46. The molecule has 6 N–H and O–H groups in total. The van der Waals surface area contributed by atoms with E-state index in [4.69, 9.17) is 16.9 Å². The van der Waals surface area contributed by atoms with Crippen molar-refractivity contribution in [3.05, 3.63) is 64.2 Å². The van der Waals surface area contributed by atoms with E-state index in [0.29, 0.717) is 36.7 Å². The summed E-state index contributed by atoms with van der Waals surface area (Å²) in [5, 5.41) is 11.0. The second-order valence-electron chi connectivity index (χ2n) is 10.4. The third-order valence-electron chi connectivity index (χ3n) is 7.97. The van der Waals surface area contributed by atoms with Crippen LogP contribution < -0.4 is 16.8 Å². The number of hydrogen-bond donors (Lipinski definition) is 4. The number of hydrogen-bond acceptors (Lipinski definition) is 4. The smallest absolute Gasteiger partial charge is 0.232 e. The summed E-state index contributed by atoms with van der Waals surface area (Å²) in [6.45, 7) is 7.44. The Labute approximate surface area is 210 Å². The number of nitrogens with two attached hydrogens (primary N) is 2. The van der Waals surface area contributed by atoms with Gasteiger partial charge in [-0.2, -0.15) is 0 Å². The Morgan fingerprint density at radius 3 is 2.60 bits per heavy atom. The molecule has 0 spiro atoms. The number of carbonyl (C=O) groups is 1. The topological polar surface area (TPSA) is 108 Å². The van der Waals surface area contributed by atoms with Crippen LogP contribution in [0.3, 0.4) is 0 Å². The molecule has 1 fully saturated rings. The predicted octanol–water partition coefficient (Wildman–Crippen LogP) is 5.20. The summed E-state index contributed by atoms with van der Waals surface area (Å²) in [5.41, 5.74) is 17.9. The standard InChI is InChI=1S/C29H41N5O/c1-4-5-12-27(34-18(2)8-6-9-19(34)3)25-13-20(17-30)14-26-24(25)16-23(29(35)33-26)21-10-7-11-22(15-21)28(31)32/h7,10-11,13-15,18-19,23,27H,4-6,8-9,12,16-17,30H2,1-3H3,(H3,31,32)(H,33,35). The van der Waals surface area contributed by atoms with Gasteiger partial charge in [-0.1, -0.05) is 50.5 Å². The van der Waals surface area contributed by atoms with E-state index in [1.807, 2.05) is 24.3 Å². The molecular weight excluding hydrogens is 434 g/mol. The van der Waals surface area contributed by atoms with Crippen molar-refractivity contribution in [3.63, 3.8) is 0 Å². The van der Waals surface area contributed by atoms with Crippen LogP contribution in [0.25, 0.3) is 0 Å². The molecule has 6 nitrogen and oxygen atoms in total. The molecule has 4 unspecified atom stereocenters. The van der Waals surface area contributed by atoms with E-state index >= 15 is 0 Å². The van der Waals surface area contributed by atoms with Gasteiger partial charge in [-0.3, -0.25) is 15.1 Å². The van der Waals surface area contributed by atoms with Crippen molar-refractivity contribution < 1.29 is 4.79 Å². The lowest BCUT2D eigenvalue weighted by atomic mass is 9.80. The maximum atomic E-state index is 13.3. The number of nitrogens with zero attached hydrogens (tertiary/aromatic N) is 1. The highest BCUT2D eigenvalue weighted by Crippen LogP contribution is 2.42. The van der Waals surface area contributed by atoms with E-state index < -0.39 is 0 Å². The minimum atomic E-state index is -0.313. The third-order valence-corrected chi connectivity index (χ3v) is 7.97. The van der Waals surface area contributed by atoms with E-state index in [2.05, 4.69) is 43.1 Å². The Morgan fingerprint density at radius 2 is 1.94 bits per heavy atom. The fourth-order valence-corrected chi connectivity index (χ4v) is 6.14. The first-order chi connectivity index (χ1) is 16.8. The highest BCUT2D eigenvalue weighted by atomic mass is 16.1. The van der Waals surface area contributed by atoms with Crippen LogP contribution in [0.15, 0.2) is 36.4 Å². The number of anilines is 1. The molecule has 2 aromatic rings. The maximum Gasteiger partial charge on any atom is 0.232 e. The zero-order chi connectivity index (χ0) is 25.1. The number of rotatable bonds is 8. The molecule has 2 heterocycles. The molecule has 0 bridgehead atoms. The van der Waals surface area contributed by atoms with Crippen molar-refractivity contribution in [3.8, 4) is 0 Å². The van der Waals surface area contributed by atoms with Crippen molar-refractivity contribution >= 4 is 17.4 Å². The second kappa shape index (κ2) is 10.9. The molecule has 2 aliphatic heterocycles. The first-order valence-corrected chi connectivity index (χ1v) is 13.2. The van der Waals surface area contributed by atoms with Gasteiger partial charge in [-0.25, -0.2) is 0 Å². The number of nitrogen functional groups attached to an aromatic ring is 1. The summed E-state index contributed by atoms with van der Waals surface area (Å²) in [7, 11) is 0. The van der Waals surface area contributed by atoms with Crippen LogP contribution in [-0.2, 0) is 17.8 Å². The van der Waals surface area contributed by atoms with Crippen LogP contribution in [0.1, 0.15) is 99.1 Å². The van der Waals surface area contributed by atoms with Gasteiger partial charge in [-0.15, -0.1) is 0 Å². The average molecular weight is 476 g/mol. The second-order valence-corrected chi connectivity index (χ2v) is 10.4. The van der Waals surface area contributed by atoms with Crippen LogP contribution in [0.4, 0.5) is 5.69 Å². The molecule has 2 aliphatic rings. The zero-order valence-corrected chi connectivity index (χ0v) is 21.4. The number of amidine groups is 1. The number of carbonyl (C=O) groups excluding carboxylic acids is 1. The molecule has 0 aliphatic carbocycles. The highest BCUT2D eigenvalue weighted by Gasteiger charge is 2.36. The largest absolute Gasteiger partial charge is 0.384 e. The molecule has 1 saturated heterocycles. The van der Waals surface area contributed by atoms with Crippen LogP contribution in [-0.4, -0.2) is 28.7 Å².